The Balaban J connectivity index is 2.52. The van der Waals surface area contributed by atoms with Gasteiger partial charge >= 0.3 is 5.97 Å². The van der Waals surface area contributed by atoms with Crippen LogP contribution in [0.15, 0.2) is 36.8 Å². The number of carboxylic acid groups (broad SMARTS) is 1. The van der Waals surface area contributed by atoms with Gasteiger partial charge in [-0.1, -0.05) is 0 Å². The lowest BCUT2D eigenvalue weighted by Gasteiger charge is -2.02. The van der Waals surface area contributed by atoms with Crippen LogP contribution in [-0.2, 0) is 0 Å². The van der Waals surface area contributed by atoms with Crippen molar-refractivity contribution in [2.24, 2.45) is 0 Å². The van der Waals surface area contributed by atoms with Crippen LogP contribution in [0.2, 0.25) is 0 Å². The van der Waals surface area contributed by atoms with Gasteiger partial charge in [0.1, 0.15) is 0 Å². The van der Waals surface area contributed by atoms with Crippen LogP contribution in [0, 0.1) is 0 Å². The summed E-state index contributed by atoms with van der Waals surface area (Å²) in [5, 5.41) is 12.7. The number of aromatic nitrogens is 3. The Morgan fingerprint density at radius 3 is 2.86 bits per heavy atom. The van der Waals surface area contributed by atoms with Gasteiger partial charge in [0.2, 0.25) is 0 Å². The van der Waals surface area contributed by atoms with Crippen molar-refractivity contribution in [3.05, 3.63) is 42.5 Å². The molecule has 0 spiro atoms. The van der Waals surface area contributed by atoms with Crippen LogP contribution in [0.25, 0.3) is 5.69 Å². The molecule has 0 saturated heterocycles. The molecule has 0 radical (unpaired) electrons. The van der Waals surface area contributed by atoms with Crippen molar-refractivity contribution in [2.75, 3.05) is 0 Å². The molecule has 2 aromatic rings. The summed E-state index contributed by atoms with van der Waals surface area (Å²) < 4.78 is 1.33. The molecule has 0 aliphatic rings. The third-order valence-electron chi connectivity index (χ3n) is 1.75. The molecule has 5 nitrogen and oxygen atoms in total. The zero-order valence-corrected chi connectivity index (χ0v) is 7.16. The number of rotatable bonds is 2. The van der Waals surface area contributed by atoms with E-state index < -0.39 is 5.97 Å². The maximum atomic E-state index is 10.8. The number of carbonyl (C=O) groups is 1. The maximum Gasteiger partial charge on any atom is 0.354 e. The Labute approximate surface area is 79.6 Å². The molecular formula is C9H7N3O2. The van der Waals surface area contributed by atoms with Crippen LogP contribution >= 0.6 is 0 Å². The highest BCUT2D eigenvalue weighted by atomic mass is 16.4. The lowest BCUT2D eigenvalue weighted by Crippen LogP contribution is -2.07. The molecule has 0 aliphatic heterocycles. The quantitative estimate of drug-likeness (QED) is 0.764. The standard InChI is InChI=1S/C9H7N3O2/c13-9(14)8-3-5-11-12(8)7-2-1-4-10-6-7/h1-6H,(H,13,14). The minimum Gasteiger partial charge on any atom is -0.477 e. The van der Waals surface area contributed by atoms with E-state index in [-0.39, 0.29) is 5.69 Å². The molecule has 2 heterocycles. The third kappa shape index (κ3) is 1.35. The SMILES string of the molecule is O=C(O)c1ccnn1-c1cccnc1. The van der Waals surface area contributed by atoms with Gasteiger partial charge in [0.25, 0.3) is 0 Å². The van der Waals surface area contributed by atoms with Crippen LogP contribution in [0.1, 0.15) is 10.5 Å². The van der Waals surface area contributed by atoms with Crippen molar-refractivity contribution in [1.29, 1.82) is 0 Å². The molecule has 5 heteroatoms. The van der Waals surface area contributed by atoms with Gasteiger partial charge in [-0.15, -0.1) is 0 Å². The van der Waals surface area contributed by atoms with Crippen molar-refractivity contribution in [1.82, 2.24) is 14.8 Å². The van der Waals surface area contributed by atoms with Crippen molar-refractivity contribution in [3.8, 4) is 5.69 Å². The second-order valence-electron chi connectivity index (χ2n) is 2.64. The largest absolute Gasteiger partial charge is 0.477 e. The molecule has 0 atom stereocenters. The Bertz CT molecular complexity index is 450. The van der Waals surface area contributed by atoms with E-state index in [0.29, 0.717) is 5.69 Å². The fourth-order valence-corrected chi connectivity index (χ4v) is 1.15. The summed E-state index contributed by atoms with van der Waals surface area (Å²) >= 11 is 0. The summed E-state index contributed by atoms with van der Waals surface area (Å²) in [5.74, 6) is -1.01. The molecule has 2 aromatic heterocycles. The molecule has 70 valence electrons. The van der Waals surface area contributed by atoms with Crippen molar-refractivity contribution in [2.45, 2.75) is 0 Å². The maximum absolute atomic E-state index is 10.8. The second kappa shape index (κ2) is 3.29. The first kappa shape index (κ1) is 8.43. The predicted molar refractivity (Wildman–Crippen MR) is 48.3 cm³/mol. The smallest absolute Gasteiger partial charge is 0.354 e. The number of aromatic carboxylic acids is 1. The molecule has 14 heavy (non-hydrogen) atoms. The van der Waals surface area contributed by atoms with E-state index in [9.17, 15) is 4.79 Å². The monoisotopic (exact) mass is 189 g/mol. The molecule has 0 saturated carbocycles. The zero-order chi connectivity index (χ0) is 9.97. The molecule has 0 amide bonds. The first-order chi connectivity index (χ1) is 6.79. The summed E-state index contributed by atoms with van der Waals surface area (Å²) in [4.78, 5) is 14.7. The van der Waals surface area contributed by atoms with Crippen molar-refractivity contribution >= 4 is 5.97 Å². The minimum absolute atomic E-state index is 0.123. The van der Waals surface area contributed by atoms with E-state index in [2.05, 4.69) is 10.1 Å². The van der Waals surface area contributed by atoms with Gasteiger partial charge in [0.15, 0.2) is 5.69 Å². The van der Waals surface area contributed by atoms with Crippen LogP contribution < -0.4 is 0 Å². The highest BCUT2D eigenvalue weighted by Crippen LogP contribution is 2.07. The summed E-state index contributed by atoms with van der Waals surface area (Å²) in [6, 6.07) is 4.91. The van der Waals surface area contributed by atoms with Gasteiger partial charge in [0.05, 0.1) is 18.1 Å². The van der Waals surface area contributed by atoms with Gasteiger partial charge in [0, 0.05) is 6.20 Å². The molecule has 1 N–H and O–H groups in total. The Morgan fingerprint density at radius 1 is 1.36 bits per heavy atom. The lowest BCUT2D eigenvalue weighted by atomic mass is 10.4. The first-order valence-corrected chi connectivity index (χ1v) is 3.97. The van der Waals surface area contributed by atoms with Gasteiger partial charge in [-0.25, -0.2) is 9.48 Å². The number of carboxylic acids is 1. The normalized spacial score (nSPS) is 10.0. The predicted octanol–water partition coefficient (Wildman–Crippen LogP) is 0.965. The van der Waals surface area contributed by atoms with Crippen LogP contribution in [0.3, 0.4) is 0 Å². The number of pyridine rings is 1. The number of nitrogens with zero attached hydrogens (tertiary/aromatic N) is 3. The fourth-order valence-electron chi connectivity index (χ4n) is 1.15. The van der Waals surface area contributed by atoms with Crippen LogP contribution in [0.5, 0.6) is 0 Å². The topological polar surface area (TPSA) is 68.0 Å². The average molecular weight is 189 g/mol. The van der Waals surface area contributed by atoms with E-state index in [1.807, 2.05) is 0 Å². The van der Waals surface area contributed by atoms with Crippen molar-refractivity contribution < 1.29 is 9.90 Å². The Hall–Kier alpha value is -2.17. The summed E-state index contributed by atoms with van der Waals surface area (Å²) in [6.45, 7) is 0. The lowest BCUT2D eigenvalue weighted by molar-refractivity contribution is 0.0687. The van der Waals surface area contributed by atoms with Crippen LogP contribution in [0.4, 0.5) is 0 Å². The highest BCUT2D eigenvalue weighted by Gasteiger charge is 2.10. The summed E-state index contributed by atoms with van der Waals surface area (Å²) in [5.41, 5.74) is 0.757. The van der Waals surface area contributed by atoms with Gasteiger partial charge in [-0.05, 0) is 18.2 Å². The fraction of sp³-hybridized carbons (Fsp3) is 0. The summed E-state index contributed by atoms with van der Waals surface area (Å²) in [6.07, 6.45) is 4.61. The van der Waals surface area contributed by atoms with E-state index in [0.717, 1.165) is 0 Å². The molecule has 0 fully saturated rings. The molecule has 0 unspecified atom stereocenters. The minimum atomic E-state index is -1.01. The number of hydrogen-bond acceptors (Lipinski definition) is 3. The molecule has 0 aromatic carbocycles. The first-order valence-electron chi connectivity index (χ1n) is 3.97. The van der Waals surface area contributed by atoms with Gasteiger partial charge < -0.3 is 5.11 Å². The Morgan fingerprint density at radius 2 is 2.21 bits per heavy atom. The van der Waals surface area contributed by atoms with E-state index in [1.54, 1.807) is 24.5 Å². The highest BCUT2D eigenvalue weighted by molar-refractivity contribution is 5.86. The molecular weight excluding hydrogens is 182 g/mol. The van der Waals surface area contributed by atoms with E-state index in [4.69, 9.17) is 5.11 Å². The zero-order valence-electron chi connectivity index (χ0n) is 7.16. The van der Waals surface area contributed by atoms with Gasteiger partial charge in [-0.2, -0.15) is 5.10 Å². The van der Waals surface area contributed by atoms with E-state index in [1.165, 1.54) is 16.9 Å². The van der Waals surface area contributed by atoms with Crippen molar-refractivity contribution in [3.63, 3.8) is 0 Å². The van der Waals surface area contributed by atoms with Crippen LogP contribution in [-0.4, -0.2) is 25.8 Å². The third-order valence-corrected chi connectivity index (χ3v) is 1.75. The Kier molecular flexibility index (Phi) is 1.98. The second-order valence-corrected chi connectivity index (χ2v) is 2.64. The molecule has 0 bridgehead atoms. The average Bonchev–Trinajstić information content (AvgIpc) is 2.67. The summed E-state index contributed by atoms with van der Waals surface area (Å²) in [7, 11) is 0. The molecule has 2 rings (SSSR count). The van der Waals surface area contributed by atoms with E-state index >= 15 is 0 Å². The van der Waals surface area contributed by atoms with Gasteiger partial charge in [-0.3, -0.25) is 4.98 Å². The molecule has 0 aliphatic carbocycles. The number of hydrogen-bond donors (Lipinski definition) is 1.